The first-order valence-corrected chi connectivity index (χ1v) is 6.26. The number of hydrogen-bond donors (Lipinski definition) is 1. The van der Waals surface area contributed by atoms with E-state index in [0.29, 0.717) is 11.9 Å². The Kier molecular flexibility index (Phi) is 2.61. The van der Waals surface area contributed by atoms with E-state index in [9.17, 15) is 13.2 Å². The van der Waals surface area contributed by atoms with E-state index in [-0.39, 0.29) is 5.41 Å². The molecule has 1 nitrogen and oxygen atoms in total. The van der Waals surface area contributed by atoms with Crippen LogP contribution in [0.3, 0.4) is 0 Å². The van der Waals surface area contributed by atoms with Crippen LogP contribution in [-0.4, -0.2) is 6.54 Å². The van der Waals surface area contributed by atoms with Gasteiger partial charge in [-0.05, 0) is 41.3 Å². The van der Waals surface area contributed by atoms with E-state index >= 15 is 0 Å². The minimum Gasteiger partial charge on any atom is -0.330 e. The van der Waals surface area contributed by atoms with Crippen LogP contribution in [0.5, 0.6) is 0 Å². The molecule has 3 rings (SSSR count). The van der Waals surface area contributed by atoms with Gasteiger partial charge in [0.25, 0.3) is 0 Å². The van der Waals surface area contributed by atoms with E-state index in [4.69, 9.17) is 5.73 Å². The Morgan fingerprint density at radius 3 is 2.26 bits per heavy atom. The molecule has 4 heteroatoms. The van der Waals surface area contributed by atoms with Gasteiger partial charge in [0.2, 0.25) is 0 Å². The summed E-state index contributed by atoms with van der Waals surface area (Å²) in [6, 6.07) is 9.56. The number of nitrogens with two attached hydrogens (primary N) is 1. The van der Waals surface area contributed by atoms with Crippen LogP contribution in [0.1, 0.15) is 24.0 Å². The third-order valence-electron chi connectivity index (χ3n) is 4.02. The van der Waals surface area contributed by atoms with Crippen LogP contribution in [0.15, 0.2) is 36.4 Å². The van der Waals surface area contributed by atoms with E-state index in [2.05, 4.69) is 0 Å². The summed E-state index contributed by atoms with van der Waals surface area (Å²) >= 11 is 0. The van der Waals surface area contributed by atoms with E-state index in [1.54, 1.807) is 0 Å². The summed E-state index contributed by atoms with van der Waals surface area (Å²) in [6.07, 6.45) is -2.25. The summed E-state index contributed by atoms with van der Waals surface area (Å²) in [6.45, 7) is 0.553. The third-order valence-corrected chi connectivity index (χ3v) is 4.02. The van der Waals surface area contributed by atoms with Gasteiger partial charge in [0.1, 0.15) is 0 Å². The molecule has 0 unspecified atom stereocenters. The molecule has 19 heavy (non-hydrogen) atoms. The lowest BCUT2D eigenvalue weighted by molar-refractivity contribution is -0.137. The van der Waals surface area contributed by atoms with E-state index < -0.39 is 11.7 Å². The predicted molar refractivity (Wildman–Crippen MR) is 68.9 cm³/mol. The molecule has 100 valence electrons. The van der Waals surface area contributed by atoms with Crippen molar-refractivity contribution in [3.05, 3.63) is 47.5 Å². The lowest BCUT2D eigenvalue weighted by Gasteiger charge is -2.14. The Bertz CT molecular complexity index is 627. The molecule has 0 heterocycles. The van der Waals surface area contributed by atoms with Gasteiger partial charge in [0, 0.05) is 12.0 Å². The summed E-state index contributed by atoms with van der Waals surface area (Å²) in [7, 11) is 0. The molecule has 0 saturated heterocycles. The van der Waals surface area contributed by atoms with Gasteiger partial charge < -0.3 is 5.73 Å². The van der Waals surface area contributed by atoms with Crippen LogP contribution >= 0.6 is 0 Å². The summed E-state index contributed by atoms with van der Waals surface area (Å²) in [5, 5.41) is 1.46. The quantitative estimate of drug-likeness (QED) is 0.877. The van der Waals surface area contributed by atoms with Crippen molar-refractivity contribution in [2.24, 2.45) is 5.73 Å². The second-order valence-corrected chi connectivity index (χ2v) is 5.26. The first-order valence-electron chi connectivity index (χ1n) is 6.26. The van der Waals surface area contributed by atoms with E-state index in [1.807, 2.05) is 18.2 Å². The average molecular weight is 265 g/mol. The van der Waals surface area contributed by atoms with Crippen LogP contribution in [0, 0.1) is 0 Å². The van der Waals surface area contributed by atoms with Gasteiger partial charge in [-0.15, -0.1) is 0 Å². The summed E-state index contributed by atoms with van der Waals surface area (Å²) in [4.78, 5) is 0. The third kappa shape index (κ3) is 2.10. The molecule has 0 amide bonds. The van der Waals surface area contributed by atoms with Crippen molar-refractivity contribution in [3.8, 4) is 0 Å². The van der Waals surface area contributed by atoms with Gasteiger partial charge in [0.05, 0.1) is 5.56 Å². The summed E-state index contributed by atoms with van der Waals surface area (Å²) in [5.41, 5.74) is 6.22. The number of alkyl halides is 3. The first-order chi connectivity index (χ1) is 8.94. The Balaban J connectivity index is 2.11. The number of benzene rings is 2. The first kappa shape index (κ1) is 12.5. The molecule has 1 saturated carbocycles. The van der Waals surface area contributed by atoms with E-state index in [0.717, 1.165) is 29.9 Å². The molecule has 0 aromatic heterocycles. The fourth-order valence-electron chi connectivity index (χ4n) is 2.51. The zero-order valence-electron chi connectivity index (χ0n) is 10.3. The largest absolute Gasteiger partial charge is 0.416 e. The van der Waals surface area contributed by atoms with Crippen molar-refractivity contribution in [2.75, 3.05) is 6.54 Å². The monoisotopic (exact) mass is 265 g/mol. The molecule has 0 bridgehead atoms. The minimum atomic E-state index is -4.30. The zero-order chi connectivity index (χ0) is 13.7. The van der Waals surface area contributed by atoms with Gasteiger partial charge in [0.15, 0.2) is 0 Å². The van der Waals surface area contributed by atoms with Crippen molar-refractivity contribution in [3.63, 3.8) is 0 Å². The zero-order valence-corrected chi connectivity index (χ0v) is 10.3. The molecule has 1 aliphatic rings. The highest BCUT2D eigenvalue weighted by molar-refractivity contribution is 5.84. The molecular weight excluding hydrogens is 251 g/mol. The lowest BCUT2D eigenvalue weighted by atomic mass is 9.93. The molecule has 1 aliphatic carbocycles. The fourth-order valence-corrected chi connectivity index (χ4v) is 2.51. The maximum absolute atomic E-state index is 12.7. The molecular formula is C15H14F3N. The minimum absolute atomic E-state index is 0.00241. The van der Waals surface area contributed by atoms with Crippen molar-refractivity contribution >= 4 is 10.8 Å². The highest BCUT2D eigenvalue weighted by Gasteiger charge is 2.42. The normalized spacial score (nSPS) is 17.7. The highest BCUT2D eigenvalue weighted by atomic mass is 19.4. The van der Waals surface area contributed by atoms with Crippen LogP contribution in [-0.2, 0) is 11.6 Å². The molecule has 1 fully saturated rings. The van der Waals surface area contributed by atoms with Gasteiger partial charge in [-0.2, -0.15) is 13.2 Å². The maximum Gasteiger partial charge on any atom is 0.416 e. The van der Waals surface area contributed by atoms with Crippen molar-refractivity contribution in [1.82, 2.24) is 0 Å². The van der Waals surface area contributed by atoms with Gasteiger partial charge >= 0.3 is 6.18 Å². The van der Waals surface area contributed by atoms with Crippen LogP contribution in [0.25, 0.3) is 10.8 Å². The molecule has 2 aromatic carbocycles. The Hall–Kier alpha value is -1.55. The summed E-state index contributed by atoms with van der Waals surface area (Å²) in [5.74, 6) is 0. The Labute approximate surface area is 109 Å². The molecule has 0 atom stereocenters. The second-order valence-electron chi connectivity index (χ2n) is 5.26. The second kappa shape index (κ2) is 3.97. The number of halogens is 3. The predicted octanol–water partition coefficient (Wildman–Crippen LogP) is 3.85. The van der Waals surface area contributed by atoms with Crippen LogP contribution in [0.4, 0.5) is 13.2 Å². The number of fused-ring (bicyclic) bond motifs is 1. The molecule has 2 N–H and O–H groups in total. The smallest absolute Gasteiger partial charge is 0.330 e. The fraction of sp³-hybridized carbons (Fsp3) is 0.333. The molecule has 2 aromatic rings. The van der Waals surface area contributed by atoms with Crippen molar-refractivity contribution in [2.45, 2.75) is 24.4 Å². The SMILES string of the molecule is NCC1(c2ccc3ccc(C(F)(F)F)cc3c2)CC1. The Morgan fingerprint density at radius 1 is 1.00 bits per heavy atom. The number of hydrogen-bond acceptors (Lipinski definition) is 1. The molecule has 0 radical (unpaired) electrons. The van der Waals surface area contributed by atoms with Crippen LogP contribution < -0.4 is 5.73 Å². The van der Waals surface area contributed by atoms with Gasteiger partial charge in [-0.1, -0.05) is 24.3 Å². The maximum atomic E-state index is 12.7. The van der Waals surface area contributed by atoms with Crippen molar-refractivity contribution in [1.29, 1.82) is 0 Å². The molecule has 0 spiro atoms. The average Bonchev–Trinajstić information content (AvgIpc) is 3.17. The van der Waals surface area contributed by atoms with E-state index in [1.165, 1.54) is 12.1 Å². The Morgan fingerprint density at radius 2 is 1.68 bits per heavy atom. The van der Waals surface area contributed by atoms with Crippen molar-refractivity contribution < 1.29 is 13.2 Å². The summed E-state index contributed by atoms with van der Waals surface area (Å²) < 4.78 is 38.1. The topological polar surface area (TPSA) is 26.0 Å². The molecule has 0 aliphatic heterocycles. The highest BCUT2D eigenvalue weighted by Crippen LogP contribution is 2.47. The number of rotatable bonds is 2. The van der Waals surface area contributed by atoms with Crippen LogP contribution in [0.2, 0.25) is 0 Å². The lowest BCUT2D eigenvalue weighted by Crippen LogP contribution is -2.19. The van der Waals surface area contributed by atoms with Gasteiger partial charge in [-0.25, -0.2) is 0 Å². The standard InChI is InChI=1S/C15H14F3N/c16-15(17,18)13-4-2-10-1-3-12(7-11(10)8-13)14(9-19)5-6-14/h1-4,7-8H,5-6,9,19H2. The van der Waals surface area contributed by atoms with Gasteiger partial charge in [-0.3, -0.25) is 0 Å².